The molecule has 35 heavy (non-hydrogen) atoms. The van der Waals surface area contributed by atoms with E-state index in [-0.39, 0.29) is 5.78 Å². The highest BCUT2D eigenvalue weighted by atomic mass is 35.5. The Morgan fingerprint density at radius 2 is 1.60 bits per heavy atom. The lowest BCUT2D eigenvalue weighted by Gasteiger charge is -2.28. The largest absolute Gasteiger partial charge is 0.478 e. The molecular formula is C27H31ClN2O5. The van der Waals surface area contributed by atoms with Crippen molar-refractivity contribution in [1.82, 2.24) is 4.90 Å². The molecule has 0 atom stereocenters. The molecule has 1 aliphatic heterocycles. The van der Waals surface area contributed by atoms with E-state index in [1.54, 1.807) is 13.0 Å². The Kier molecular flexibility index (Phi) is 11.2. The number of halogens is 1. The number of ketones is 1. The molecule has 1 heterocycles. The van der Waals surface area contributed by atoms with Gasteiger partial charge in [-0.1, -0.05) is 41.9 Å². The maximum Gasteiger partial charge on any atom is 0.328 e. The fraction of sp³-hybridized carbons (Fsp3) is 0.296. The minimum Gasteiger partial charge on any atom is -0.478 e. The van der Waals surface area contributed by atoms with Gasteiger partial charge in [0.15, 0.2) is 5.78 Å². The van der Waals surface area contributed by atoms with Crippen LogP contribution in [0, 0.1) is 0 Å². The molecule has 2 N–H and O–H groups in total. The summed E-state index contributed by atoms with van der Waals surface area (Å²) in [6.45, 7) is 4.27. The van der Waals surface area contributed by atoms with Gasteiger partial charge in [0.1, 0.15) is 0 Å². The molecule has 0 aliphatic carbocycles. The van der Waals surface area contributed by atoms with E-state index in [4.69, 9.17) is 21.8 Å². The Morgan fingerprint density at radius 1 is 0.971 bits per heavy atom. The molecule has 8 heteroatoms. The van der Waals surface area contributed by atoms with E-state index >= 15 is 0 Å². The van der Waals surface area contributed by atoms with Crippen LogP contribution in [0.2, 0.25) is 5.02 Å². The Bertz CT molecular complexity index is 1080. The van der Waals surface area contributed by atoms with Crippen LogP contribution in [0.15, 0.2) is 66.8 Å². The Hall–Kier alpha value is -3.42. The monoisotopic (exact) mass is 498 g/mol. The van der Waals surface area contributed by atoms with Gasteiger partial charge in [-0.05, 0) is 75.2 Å². The van der Waals surface area contributed by atoms with E-state index in [0.29, 0.717) is 12.2 Å². The average Bonchev–Trinajstić information content (AvgIpc) is 2.95. The maximum atomic E-state index is 11.0. The highest BCUT2D eigenvalue weighted by molar-refractivity contribution is 6.30. The number of carbonyl (C=O) groups is 3. The first-order valence-electron chi connectivity index (χ1n) is 11.3. The van der Waals surface area contributed by atoms with Crippen LogP contribution in [0.1, 0.15) is 24.5 Å². The second-order valence-electron chi connectivity index (χ2n) is 8.19. The molecule has 0 unspecified atom stereocenters. The first-order valence-corrected chi connectivity index (χ1v) is 11.7. The maximum absolute atomic E-state index is 11.0. The Labute approximate surface area is 210 Å². The Morgan fingerprint density at radius 3 is 2.23 bits per heavy atom. The smallest absolute Gasteiger partial charge is 0.328 e. The lowest BCUT2D eigenvalue weighted by Crippen LogP contribution is -2.26. The highest BCUT2D eigenvalue weighted by Gasteiger charge is 2.20. The molecule has 3 rings (SSSR count). The van der Waals surface area contributed by atoms with Crippen LogP contribution in [0.3, 0.4) is 0 Å². The van der Waals surface area contributed by atoms with Crippen molar-refractivity contribution in [2.75, 3.05) is 31.6 Å². The van der Waals surface area contributed by atoms with E-state index in [0.717, 1.165) is 43.9 Å². The van der Waals surface area contributed by atoms with Gasteiger partial charge in [-0.2, -0.15) is 0 Å². The van der Waals surface area contributed by atoms with Crippen LogP contribution in [-0.2, 0) is 27.2 Å². The van der Waals surface area contributed by atoms with Crippen molar-refractivity contribution in [3.63, 3.8) is 0 Å². The van der Waals surface area contributed by atoms with Gasteiger partial charge in [0.05, 0.1) is 0 Å². The summed E-state index contributed by atoms with van der Waals surface area (Å²) in [6.07, 6.45) is 7.81. The third-order valence-electron chi connectivity index (χ3n) is 5.34. The molecule has 7 nitrogen and oxygen atoms in total. The lowest BCUT2D eigenvalue weighted by atomic mass is 10.0. The number of carbonyl (C=O) groups excluding carboxylic acids is 1. The zero-order valence-electron chi connectivity index (χ0n) is 20.0. The molecule has 0 saturated heterocycles. The predicted octanol–water partition coefficient (Wildman–Crippen LogP) is 4.76. The first-order chi connectivity index (χ1) is 16.7. The molecule has 0 aromatic heterocycles. The molecule has 0 spiro atoms. The molecular weight excluding hydrogens is 468 g/mol. The number of fused-ring (bicyclic) bond motifs is 2. The third-order valence-corrected chi connectivity index (χ3v) is 5.58. The SMILES string of the molecule is CC(=O)/C=C/CN(C)CCCN1c2ccccc2CCc2ccc(Cl)cc21.O=C(O)/C=C\C(=O)O. The number of anilines is 2. The van der Waals surface area contributed by atoms with Crippen LogP contribution in [-0.4, -0.2) is 59.5 Å². The molecule has 186 valence electrons. The van der Waals surface area contributed by atoms with Gasteiger partial charge in [-0.3, -0.25) is 4.79 Å². The van der Waals surface area contributed by atoms with Gasteiger partial charge >= 0.3 is 11.9 Å². The number of carboxylic acids is 2. The van der Waals surface area contributed by atoms with Crippen LogP contribution in [0.5, 0.6) is 0 Å². The van der Waals surface area contributed by atoms with Gasteiger partial charge in [0.2, 0.25) is 0 Å². The molecule has 0 radical (unpaired) electrons. The summed E-state index contributed by atoms with van der Waals surface area (Å²) in [5.41, 5.74) is 5.26. The van der Waals surface area contributed by atoms with Crippen molar-refractivity contribution in [2.24, 2.45) is 0 Å². The minimum absolute atomic E-state index is 0.0954. The number of carboxylic acid groups (broad SMARTS) is 2. The van der Waals surface area contributed by atoms with Gasteiger partial charge in [0, 0.05) is 41.6 Å². The quantitative estimate of drug-likeness (QED) is 0.481. The van der Waals surface area contributed by atoms with Gasteiger partial charge in [-0.15, -0.1) is 0 Å². The highest BCUT2D eigenvalue weighted by Crippen LogP contribution is 2.37. The van der Waals surface area contributed by atoms with Crippen LogP contribution >= 0.6 is 11.6 Å². The Balaban J connectivity index is 0.000000466. The summed E-state index contributed by atoms with van der Waals surface area (Å²) in [4.78, 5) is 34.8. The number of aliphatic carboxylic acids is 2. The summed E-state index contributed by atoms with van der Waals surface area (Å²) in [7, 11) is 2.09. The third kappa shape index (κ3) is 9.76. The second-order valence-corrected chi connectivity index (χ2v) is 8.63. The van der Waals surface area contributed by atoms with Crippen molar-refractivity contribution < 1.29 is 24.6 Å². The van der Waals surface area contributed by atoms with E-state index < -0.39 is 11.9 Å². The zero-order chi connectivity index (χ0) is 25.8. The normalized spacial score (nSPS) is 12.6. The van der Waals surface area contributed by atoms with Crippen LogP contribution in [0.25, 0.3) is 0 Å². The molecule has 0 amide bonds. The van der Waals surface area contributed by atoms with Gasteiger partial charge in [-0.25, -0.2) is 9.59 Å². The predicted molar refractivity (Wildman–Crippen MR) is 139 cm³/mol. The van der Waals surface area contributed by atoms with Crippen molar-refractivity contribution in [2.45, 2.75) is 26.2 Å². The van der Waals surface area contributed by atoms with E-state index in [1.807, 2.05) is 12.1 Å². The fourth-order valence-corrected chi connectivity index (χ4v) is 3.92. The number of rotatable bonds is 9. The molecule has 2 aromatic carbocycles. The number of hydrogen-bond donors (Lipinski definition) is 2. The van der Waals surface area contributed by atoms with Crippen molar-refractivity contribution >= 4 is 40.7 Å². The number of allylic oxidation sites excluding steroid dienone is 1. The summed E-state index contributed by atoms with van der Waals surface area (Å²) < 4.78 is 0. The standard InChI is InChI=1S/C23H27ClN2O.C4H4O4/c1-18(27)7-5-14-25(2)15-6-16-26-22-9-4-3-8-19(22)10-11-20-12-13-21(24)17-23(20)26;5-3(6)1-2-4(7)8/h3-5,7-9,12-13,17H,6,10-11,14-16H2,1-2H3;1-2H,(H,5,6)(H,7,8)/b7-5+;2-1-. The minimum atomic E-state index is -1.26. The van der Waals surface area contributed by atoms with Gasteiger partial charge < -0.3 is 20.0 Å². The molecule has 0 bridgehead atoms. The number of nitrogens with zero attached hydrogens (tertiary/aromatic N) is 2. The number of hydrogen-bond acceptors (Lipinski definition) is 5. The number of para-hydroxylation sites is 1. The number of benzene rings is 2. The topological polar surface area (TPSA) is 98.2 Å². The summed E-state index contributed by atoms with van der Waals surface area (Å²) in [5, 5.41) is 16.4. The molecule has 1 aliphatic rings. The van der Waals surface area contributed by atoms with E-state index in [1.165, 1.54) is 22.5 Å². The van der Waals surface area contributed by atoms with Crippen molar-refractivity contribution in [3.8, 4) is 0 Å². The first kappa shape index (κ1) is 27.8. The summed E-state index contributed by atoms with van der Waals surface area (Å²) in [5.74, 6) is -2.42. The fourth-order valence-electron chi connectivity index (χ4n) is 3.76. The van der Waals surface area contributed by atoms with Gasteiger partial charge in [0.25, 0.3) is 0 Å². The summed E-state index contributed by atoms with van der Waals surface area (Å²) in [6, 6.07) is 14.9. The lowest BCUT2D eigenvalue weighted by molar-refractivity contribution is -0.134. The molecule has 0 fully saturated rings. The van der Waals surface area contributed by atoms with Crippen LogP contribution in [0.4, 0.5) is 11.4 Å². The molecule has 2 aromatic rings. The second kappa shape index (κ2) is 14.1. The van der Waals surface area contributed by atoms with Crippen LogP contribution < -0.4 is 4.90 Å². The number of aryl methyl sites for hydroxylation is 2. The summed E-state index contributed by atoms with van der Waals surface area (Å²) >= 11 is 6.32. The van der Waals surface area contributed by atoms with E-state index in [9.17, 15) is 14.4 Å². The van der Waals surface area contributed by atoms with Crippen molar-refractivity contribution in [1.29, 1.82) is 0 Å². The average molecular weight is 499 g/mol. The molecule has 0 saturated carbocycles. The van der Waals surface area contributed by atoms with E-state index in [2.05, 4.69) is 53.2 Å². The number of likely N-dealkylation sites (N-methyl/N-ethyl adjacent to an activating group) is 1. The zero-order valence-corrected chi connectivity index (χ0v) is 20.7. The van der Waals surface area contributed by atoms with Crippen molar-refractivity contribution in [3.05, 3.63) is 82.9 Å².